The maximum absolute atomic E-state index is 12.7. The van der Waals surface area contributed by atoms with E-state index in [1.54, 1.807) is 6.92 Å². The van der Waals surface area contributed by atoms with Crippen molar-refractivity contribution < 1.29 is 13.9 Å². The molecule has 0 aliphatic carbocycles. The number of ether oxygens (including phenoxy) is 1. The average molecular weight is 286 g/mol. The van der Waals surface area contributed by atoms with E-state index in [2.05, 4.69) is 10.5 Å². The van der Waals surface area contributed by atoms with Crippen LogP contribution in [0.25, 0.3) is 0 Å². The fourth-order valence-corrected chi connectivity index (χ4v) is 1.60. The number of carbonyl (C=O) groups is 1. The van der Waals surface area contributed by atoms with Gasteiger partial charge in [0.25, 0.3) is 5.91 Å². The van der Waals surface area contributed by atoms with Crippen LogP contribution in [-0.4, -0.2) is 18.2 Å². The average Bonchev–Trinajstić information content (AvgIpc) is 2.53. The van der Waals surface area contributed by atoms with Crippen LogP contribution >= 0.6 is 0 Å². The molecule has 0 saturated heterocycles. The first-order valence-electron chi connectivity index (χ1n) is 6.42. The van der Waals surface area contributed by atoms with E-state index >= 15 is 0 Å². The first-order valence-corrected chi connectivity index (χ1v) is 6.42. The molecular weight excluding hydrogens is 271 g/mol. The molecule has 0 fully saturated rings. The molecule has 0 atom stereocenters. The minimum atomic E-state index is -0.380. The highest BCUT2D eigenvalue weighted by molar-refractivity contribution is 5.99. The maximum Gasteiger partial charge on any atom is 0.277 e. The lowest BCUT2D eigenvalue weighted by molar-refractivity contribution is -0.123. The van der Waals surface area contributed by atoms with Gasteiger partial charge in [0.1, 0.15) is 11.6 Å². The zero-order valence-electron chi connectivity index (χ0n) is 11.5. The van der Waals surface area contributed by atoms with E-state index in [9.17, 15) is 9.18 Å². The van der Waals surface area contributed by atoms with E-state index in [-0.39, 0.29) is 18.3 Å². The van der Waals surface area contributed by atoms with Gasteiger partial charge in [-0.15, -0.1) is 0 Å². The monoisotopic (exact) mass is 286 g/mol. The van der Waals surface area contributed by atoms with Gasteiger partial charge in [-0.05, 0) is 36.8 Å². The highest BCUT2D eigenvalue weighted by Crippen LogP contribution is 2.10. The molecule has 2 aromatic carbocycles. The van der Waals surface area contributed by atoms with Crippen molar-refractivity contribution in [3.05, 3.63) is 66.0 Å². The zero-order valence-corrected chi connectivity index (χ0v) is 11.5. The predicted molar refractivity (Wildman–Crippen MR) is 78.7 cm³/mol. The topological polar surface area (TPSA) is 50.7 Å². The summed E-state index contributed by atoms with van der Waals surface area (Å²) >= 11 is 0. The third kappa shape index (κ3) is 4.72. The number of hydrogen-bond acceptors (Lipinski definition) is 3. The summed E-state index contributed by atoms with van der Waals surface area (Å²) in [6, 6.07) is 15.0. The summed E-state index contributed by atoms with van der Waals surface area (Å²) in [6.07, 6.45) is 0. The van der Waals surface area contributed by atoms with E-state index in [4.69, 9.17) is 4.74 Å². The van der Waals surface area contributed by atoms with E-state index < -0.39 is 0 Å². The Hall–Kier alpha value is -2.69. The van der Waals surface area contributed by atoms with Crippen molar-refractivity contribution in [3.63, 3.8) is 0 Å². The zero-order chi connectivity index (χ0) is 15.1. The van der Waals surface area contributed by atoms with E-state index in [1.165, 1.54) is 24.3 Å². The van der Waals surface area contributed by atoms with Gasteiger partial charge in [0.05, 0.1) is 5.71 Å². The number of amides is 1. The number of nitrogens with zero attached hydrogens (tertiary/aromatic N) is 1. The molecular formula is C16H15FN2O2. The van der Waals surface area contributed by atoms with Crippen molar-refractivity contribution in [1.82, 2.24) is 5.43 Å². The Kier molecular flexibility index (Phi) is 5.04. The molecule has 108 valence electrons. The molecule has 21 heavy (non-hydrogen) atoms. The minimum Gasteiger partial charge on any atom is -0.484 e. The van der Waals surface area contributed by atoms with Crippen LogP contribution < -0.4 is 10.2 Å². The largest absolute Gasteiger partial charge is 0.484 e. The number of halogens is 1. The smallest absolute Gasteiger partial charge is 0.277 e. The highest BCUT2D eigenvalue weighted by atomic mass is 19.1. The van der Waals surface area contributed by atoms with Crippen LogP contribution in [0.4, 0.5) is 4.39 Å². The van der Waals surface area contributed by atoms with E-state index in [0.29, 0.717) is 11.5 Å². The minimum absolute atomic E-state index is 0.183. The molecule has 0 aliphatic heterocycles. The van der Waals surface area contributed by atoms with Gasteiger partial charge in [-0.1, -0.05) is 30.3 Å². The second-order valence-electron chi connectivity index (χ2n) is 4.34. The molecule has 0 spiro atoms. The lowest BCUT2D eigenvalue weighted by Crippen LogP contribution is -2.25. The van der Waals surface area contributed by atoms with Crippen molar-refractivity contribution in [2.45, 2.75) is 6.92 Å². The third-order valence-electron chi connectivity index (χ3n) is 2.72. The van der Waals surface area contributed by atoms with Gasteiger partial charge in [-0.25, -0.2) is 9.82 Å². The first-order chi connectivity index (χ1) is 10.1. The summed E-state index contributed by atoms with van der Waals surface area (Å²) in [7, 11) is 0. The van der Waals surface area contributed by atoms with Crippen molar-refractivity contribution in [1.29, 1.82) is 0 Å². The molecule has 0 bridgehead atoms. The van der Waals surface area contributed by atoms with Crippen LogP contribution in [0.2, 0.25) is 0 Å². The third-order valence-corrected chi connectivity index (χ3v) is 2.72. The van der Waals surface area contributed by atoms with E-state index in [1.807, 2.05) is 30.3 Å². The lowest BCUT2D eigenvalue weighted by atomic mass is 10.1. The fraction of sp³-hybridized carbons (Fsp3) is 0.125. The van der Waals surface area contributed by atoms with Crippen molar-refractivity contribution >= 4 is 11.6 Å². The Morgan fingerprint density at radius 2 is 1.81 bits per heavy atom. The summed E-state index contributed by atoms with van der Waals surface area (Å²) in [5.74, 6) is -0.306. The van der Waals surface area contributed by atoms with Gasteiger partial charge < -0.3 is 4.74 Å². The van der Waals surface area contributed by atoms with Gasteiger partial charge >= 0.3 is 0 Å². The molecule has 1 amide bonds. The molecule has 5 heteroatoms. The Morgan fingerprint density at radius 3 is 2.48 bits per heavy atom. The molecule has 0 unspecified atom stereocenters. The normalized spacial score (nSPS) is 11.0. The van der Waals surface area contributed by atoms with Crippen molar-refractivity contribution in [2.75, 3.05) is 6.61 Å². The van der Waals surface area contributed by atoms with Crippen LogP contribution in [0.1, 0.15) is 12.5 Å². The first kappa shape index (κ1) is 14.7. The molecule has 0 aromatic heterocycles. The lowest BCUT2D eigenvalue weighted by Gasteiger charge is -2.05. The summed E-state index contributed by atoms with van der Waals surface area (Å²) in [5.41, 5.74) is 4.04. The molecule has 0 aliphatic rings. The van der Waals surface area contributed by atoms with Crippen LogP contribution in [0.15, 0.2) is 59.7 Å². The van der Waals surface area contributed by atoms with Crippen LogP contribution in [0.3, 0.4) is 0 Å². The highest BCUT2D eigenvalue weighted by Gasteiger charge is 2.03. The number of hydrazone groups is 1. The van der Waals surface area contributed by atoms with Crippen LogP contribution in [-0.2, 0) is 4.79 Å². The Balaban J connectivity index is 1.83. The van der Waals surface area contributed by atoms with Crippen molar-refractivity contribution in [3.8, 4) is 5.75 Å². The molecule has 4 nitrogen and oxygen atoms in total. The van der Waals surface area contributed by atoms with Crippen LogP contribution in [0, 0.1) is 5.82 Å². The standard InChI is InChI=1S/C16H15FN2O2/c1-12(13-5-3-2-4-6-13)18-19-16(20)11-21-15-9-7-14(17)8-10-15/h2-10H,11H2,1H3,(H,19,20)/b18-12+. The Labute approximate surface area is 122 Å². The van der Waals surface area contributed by atoms with Crippen LogP contribution in [0.5, 0.6) is 5.75 Å². The second-order valence-corrected chi connectivity index (χ2v) is 4.34. The van der Waals surface area contributed by atoms with Crippen molar-refractivity contribution in [2.24, 2.45) is 5.10 Å². The van der Waals surface area contributed by atoms with Gasteiger partial charge in [0.15, 0.2) is 6.61 Å². The van der Waals surface area contributed by atoms with Gasteiger partial charge in [-0.2, -0.15) is 5.10 Å². The fourth-order valence-electron chi connectivity index (χ4n) is 1.60. The quantitative estimate of drug-likeness (QED) is 0.678. The molecule has 1 N–H and O–H groups in total. The number of benzene rings is 2. The maximum atomic E-state index is 12.7. The Morgan fingerprint density at radius 1 is 1.14 bits per heavy atom. The van der Waals surface area contributed by atoms with Gasteiger partial charge in [0, 0.05) is 0 Å². The molecule has 0 saturated carbocycles. The van der Waals surface area contributed by atoms with Gasteiger partial charge in [0.2, 0.25) is 0 Å². The second kappa shape index (κ2) is 7.19. The molecule has 2 rings (SSSR count). The summed E-state index contributed by atoms with van der Waals surface area (Å²) in [4.78, 5) is 11.6. The van der Waals surface area contributed by atoms with E-state index in [0.717, 1.165) is 5.56 Å². The SMILES string of the molecule is C/C(=N\NC(=O)COc1ccc(F)cc1)c1ccccc1. The summed E-state index contributed by atoms with van der Waals surface area (Å²) in [5, 5.41) is 4.00. The summed E-state index contributed by atoms with van der Waals surface area (Å²) in [6.45, 7) is 1.62. The molecule has 0 radical (unpaired) electrons. The summed E-state index contributed by atoms with van der Waals surface area (Å²) < 4.78 is 17.9. The molecule has 2 aromatic rings. The number of carbonyl (C=O) groups excluding carboxylic acids is 1. The number of rotatable bonds is 5. The molecule has 0 heterocycles. The van der Waals surface area contributed by atoms with Gasteiger partial charge in [-0.3, -0.25) is 4.79 Å². The number of nitrogens with one attached hydrogen (secondary N) is 1. The predicted octanol–water partition coefficient (Wildman–Crippen LogP) is 2.74. The number of hydrogen-bond donors (Lipinski definition) is 1. The Bertz CT molecular complexity index is 624.